The van der Waals surface area contributed by atoms with E-state index in [1.165, 1.54) is 7.11 Å². The van der Waals surface area contributed by atoms with Crippen LogP contribution in [0.2, 0.25) is 0 Å². The van der Waals surface area contributed by atoms with E-state index in [4.69, 9.17) is 17.0 Å². The molecule has 0 bridgehead atoms. The molecule has 0 saturated carbocycles. The lowest BCUT2D eigenvalue weighted by Crippen LogP contribution is -2.48. The van der Waals surface area contributed by atoms with Gasteiger partial charge in [-0.25, -0.2) is 4.79 Å². The molecule has 18 heavy (non-hydrogen) atoms. The Labute approximate surface area is 111 Å². The smallest absolute Gasteiger partial charge is 0.337 e. The summed E-state index contributed by atoms with van der Waals surface area (Å²) in [6, 6.07) is 9.41. The molecule has 0 aliphatic carbocycles. The molecular formula is C13H14N2O2S. The maximum atomic E-state index is 11.9. The zero-order chi connectivity index (χ0) is 13.1. The molecule has 0 amide bonds. The van der Waals surface area contributed by atoms with Gasteiger partial charge in [0.1, 0.15) is 0 Å². The molecule has 1 aliphatic heterocycles. The van der Waals surface area contributed by atoms with Gasteiger partial charge in [0.2, 0.25) is 0 Å². The van der Waals surface area contributed by atoms with Crippen LogP contribution in [0.4, 0.5) is 0 Å². The van der Waals surface area contributed by atoms with Gasteiger partial charge < -0.3 is 15.4 Å². The summed E-state index contributed by atoms with van der Waals surface area (Å²) in [5, 5.41) is 6.54. The third-order valence-corrected chi connectivity index (χ3v) is 2.98. The Morgan fingerprint density at radius 2 is 2.00 bits per heavy atom. The highest BCUT2D eigenvalue weighted by atomic mass is 32.1. The van der Waals surface area contributed by atoms with E-state index in [1.807, 2.05) is 37.3 Å². The van der Waals surface area contributed by atoms with Crippen LogP contribution in [0.5, 0.6) is 0 Å². The summed E-state index contributed by atoms with van der Waals surface area (Å²) >= 11 is 5.13. The van der Waals surface area contributed by atoms with Crippen LogP contribution in [0.25, 0.3) is 5.70 Å². The van der Waals surface area contributed by atoms with E-state index in [1.54, 1.807) is 0 Å². The maximum Gasteiger partial charge on any atom is 0.337 e. The van der Waals surface area contributed by atoms with Crippen molar-refractivity contribution in [2.75, 3.05) is 7.11 Å². The standard InChI is InChI=1S/C13H14N2O2S/c1-8-10(12(16)17-2)11(15-13(18)14-8)9-6-4-3-5-7-9/h3-8H,1-2H3,(H2,14,15,18). The quantitative estimate of drug-likeness (QED) is 0.624. The molecule has 1 aromatic carbocycles. The van der Waals surface area contributed by atoms with Gasteiger partial charge in [-0.05, 0) is 24.7 Å². The van der Waals surface area contributed by atoms with E-state index in [0.717, 1.165) is 5.56 Å². The van der Waals surface area contributed by atoms with Crippen molar-refractivity contribution in [3.05, 3.63) is 41.5 Å². The maximum absolute atomic E-state index is 11.9. The number of hydrogen-bond acceptors (Lipinski definition) is 3. The summed E-state index contributed by atoms with van der Waals surface area (Å²) in [5.74, 6) is -0.358. The normalized spacial score (nSPS) is 19.0. The molecule has 0 saturated heterocycles. The Hall–Kier alpha value is -1.88. The van der Waals surface area contributed by atoms with Crippen molar-refractivity contribution in [2.24, 2.45) is 0 Å². The van der Waals surface area contributed by atoms with E-state index in [-0.39, 0.29) is 12.0 Å². The Balaban J connectivity index is 2.54. The van der Waals surface area contributed by atoms with E-state index in [2.05, 4.69) is 10.6 Å². The first-order valence-corrected chi connectivity index (χ1v) is 5.99. The molecule has 2 N–H and O–H groups in total. The van der Waals surface area contributed by atoms with Gasteiger partial charge in [0, 0.05) is 0 Å². The third kappa shape index (κ3) is 2.36. The van der Waals surface area contributed by atoms with Gasteiger partial charge in [-0.2, -0.15) is 0 Å². The average molecular weight is 262 g/mol. The molecule has 1 aliphatic rings. The van der Waals surface area contributed by atoms with Crippen molar-refractivity contribution in [1.82, 2.24) is 10.6 Å². The van der Waals surface area contributed by atoms with Crippen molar-refractivity contribution in [2.45, 2.75) is 13.0 Å². The number of ether oxygens (including phenoxy) is 1. The SMILES string of the molecule is COC(=O)C1=C(c2ccccc2)NC(=S)NC1C. The number of rotatable bonds is 2. The van der Waals surface area contributed by atoms with Gasteiger partial charge in [0.25, 0.3) is 0 Å². The van der Waals surface area contributed by atoms with Gasteiger partial charge in [-0.1, -0.05) is 30.3 Å². The molecule has 2 rings (SSSR count). The fraction of sp³-hybridized carbons (Fsp3) is 0.231. The van der Waals surface area contributed by atoms with E-state index >= 15 is 0 Å². The van der Waals surface area contributed by atoms with E-state index in [0.29, 0.717) is 16.4 Å². The predicted octanol–water partition coefficient (Wildman–Crippen LogP) is 1.44. The van der Waals surface area contributed by atoms with Crippen molar-refractivity contribution in [3.8, 4) is 0 Å². The summed E-state index contributed by atoms with van der Waals surface area (Å²) in [7, 11) is 1.37. The molecule has 1 aromatic rings. The van der Waals surface area contributed by atoms with Gasteiger partial charge in [-0.3, -0.25) is 0 Å². The van der Waals surface area contributed by atoms with Crippen LogP contribution in [0.3, 0.4) is 0 Å². The number of carbonyl (C=O) groups excluding carboxylic acids is 1. The number of benzene rings is 1. The third-order valence-electron chi connectivity index (χ3n) is 2.76. The zero-order valence-corrected chi connectivity index (χ0v) is 11.0. The minimum Gasteiger partial charge on any atom is -0.466 e. The zero-order valence-electron chi connectivity index (χ0n) is 10.2. The number of thiocarbonyl (C=S) groups is 1. The number of carbonyl (C=O) groups is 1. The second-order valence-corrected chi connectivity index (χ2v) is 4.37. The lowest BCUT2D eigenvalue weighted by Gasteiger charge is -2.28. The van der Waals surface area contributed by atoms with Crippen molar-refractivity contribution >= 4 is 29.0 Å². The summed E-state index contributed by atoms with van der Waals surface area (Å²) in [6.45, 7) is 1.88. The van der Waals surface area contributed by atoms with Gasteiger partial charge in [0.05, 0.1) is 24.4 Å². The number of methoxy groups -OCH3 is 1. The van der Waals surface area contributed by atoms with Crippen LogP contribution < -0.4 is 10.6 Å². The molecule has 94 valence electrons. The lowest BCUT2D eigenvalue weighted by molar-refractivity contribution is -0.136. The predicted molar refractivity (Wildman–Crippen MR) is 73.7 cm³/mol. The van der Waals surface area contributed by atoms with Crippen LogP contribution in [0, 0.1) is 0 Å². The van der Waals surface area contributed by atoms with Crippen LogP contribution in [0.15, 0.2) is 35.9 Å². The van der Waals surface area contributed by atoms with E-state index in [9.17, 15) is 4.79 Å². The van der Waals surface area contributed by atoms with Crippen molar-refractivity contribution < 1.29 is 9.53 Å². The Morgan fingerprint density at radius 1 is 1.33 bits per heavy atom. The summed E-state index contributed by atoms with van der Waals surface area (Å²) in [6.07, 6.45) is 0. The van der Waals surface area contributed by atoms with Crippen molar-refractivity contribution in [1.29, 1.82) is 0 Å². The Morgan fingerprint density at radius 3 is 2.61 bits per heavy atom. The first kappa shape index (κ1) is 12.6. The minimum absolute atomic E-state index is 0.179. The molecule has 4 nitrogen and oxygen atoms in total. The highest BCUT2D eigenvalue weighted by Crippen LogP contribution is 2.22. The highest BCUT2D eigenvalue weighted by molar-refractivity contribution is 7.80. The summed E-state index contributed by atoms with van der Waals surface area (Å²) in [5.41, 5.74) is 2.17. The summed E-state index contributed by atoms with van der Waals surface area (Å²) in [4.78, 5) is 11.9. The van der Waals surface area contributed by atoms with Gasteiger partial charge in [-0.15, -0.1) is 0 Å². The lowest BCUT2D eigenvalue weighted by atomic mass is 9.99. The molecule has 0 aromatic heterocycles. The molecule has 0 fully saturated rings. The number of hydrogen-bond donors (Lipinski definition) is 2. The molecule has 1 atom stereocenters. The van der Waals surface area contributed by atoms with Crippen LogP contribution in [-0.4, -0.2) is 24.2 Å². The monoisotopic (exact) mass is 262 g/mol. The number of esters is 1. The molecule has 1 heterocycles. The second kappa shape index (κ2) is 5.18. The first-order valence-electron chi connectivity index (χ1n) is 5.59. The Kier molecular flexibility index (Phi) is 3.62. The average Bonchev–Trinajstić information content (AvgIpc) is 2.38. The molecule has 0 spiro atoms. The van der Waals surface area contributed by atoms with Crippen LogP contribution >= 0.6 is 12.2 Å². The fourth-order valence-corrected chi connectivity index (χ4v) is 2.20. The van der Waals surface area contributed by atoms with Crippen LogP contribution in [-0.2, 0) is 9.53 Å². The molecule has 5 heteroatoms. The largest absolute Gasteiger partial charge is 0.466 e. The topological polar surface area (TPSA) is 50.4 Å². The molecule has 0 radical (unpaired) electrons. The molecule has 1 unspecified atom stereocenters. The van der Waals surface area contributed by atoms with Gasteiger partial charge in [0.15, 0.2) is 5.11 Å². The molecular weight excluding hydrogens is 248 g/mol. The fourth-order valence-electron chi connectivity index (χ4n) is 1.92. The van der Waals surface area contributed by atoms with E-state index < -0.39 is 0 Å². The Bertz CT molecular complexity index is 511. The number of nitrogens with one attached hydrogen (secondary N) is 2. The first-order chi connectivity index (χ1) is 8.63. The van der Waals surface area contributed by atoms with Gasteiger partial charge >= 0.3 is 5.97 Å². The van der Waals surface area contributed by atoms with Crippen molar-refractivity contribution in [3.63, 3.8) is 0 Å². The minimum atomic E-state index is -0.358. The van der Waals surface area contributed by atoms with Crippen LogP contribution in [0.1, 0.15) is 12.5 Å². The summed E-state index contributed by atoms with van der Waals surface area (Å²) < 4.78 is 4.83. The second-order valence-electron chi connectivity index (χ2n) is 3.97. The highest BCUT2D eigenvalue weighted by Gasteiger charge is 2.28.